The summed E-state index contributed by atoms with van der Waals surface area (Å²) in [6, 6.07) is 10.3. The van der Waals surface area contributed by atoms with Gasteiger partial charge in [0.2, 0.25) is 11.8 Å². The Labute approximate surface area is 159 Å². The number of nitrogens with one attached hydrogen (secondary N) is 1. The van der Waals surface area contributed by atoms with E-state index in [1.54, 1.807) is 12.1 Å². The van der Waals surface area contributed by atoms with Crippen LogP contribution in [0.5, 0.6) is 0 Å². The van der Waals surface area contributed by atoms with Crippen LogP contribution in [0.15, 0.2) is 42.5 Å². The highest BCUT2D eigenvalue weighted by Gasteiger charge is 2.34. The Morgan fingerprint density at radius 2 is 1.81 bits per heavy atom. The zero-order valence-corrected chi connectivity index (χ0v) is 15.5. The van der Waals surface area contributed by atoms with Crippen molar-refractivity contribution in [1.82, 2.24) is 0 Å². The molecular formula is C19H18ClF3N2O2. The highest BCUT2D eigenvalue weighted by molar-refractivity contribution is 6.31. The molecule has 0 heterocycles. The third-order valence-electron chi connectivity index (χ3n) is 3.92. The molecule has 1 N–H and O–H groups in total. The predicted octanol–water partition coefficient (Wildman–Crippen LogP) is 4.91. The van der Waals surface area contributed by atoms with Gasteiger partial charge in [0, 0.05) is 18.3 Å². The first-order valence-electron chi connectivity index (χ1n) is 8.16. The summed E-state index contributed by atoms with van der Waals surface area (Å²) in [6.45, 7) is 2.68. The van der Waals surface area contributed by atoms with Crippen LogP contribution in [0.25, 0.3) is 0 Å². The molecule has 2 amide bonds. The van der Waals surface area contributed by atoms with Crippen molar-refractivity contribution in [2.45, 2.75) is 26.4 Å². The molecule has 4 nitrogen and oxygen atoms in total. The van der Waals surface area contributed by atoms with Gasteiger partial charge in [-0.3, -0.25) is 9.59 Å². The lowest BCUT2D eigenvalue weighted by molar-refractivity contribution is -0.137. The minimum atomic E-state index is -4.67. The molecule has 2 rings (SSSR count). The molecule has 8 heteroatoms. The van der Waals surface area contributed by atoms with Gasteiger partial charge in [-0.15, -0.1) is 0 Å². The SMILES string of the molecule is CCc1ccccc1NC(=O)CN(C(C)=O)c1ccc(Cl)c(C(F)(F)F)c1. The van der Waals surface area contributed by atoms with Crippen molar-refractivity contribution in [3.05, 3.63) is 58.6 Å². The van der Waals surface area contributed by atoms with Crippen molar-refractivity contribution in [3.8, 4) is 0 Å². The quantitative estimate of drug-likeness (QED) is 0.777. The Bertz CT molecular complexity index is 853. The van der Waals surface area contributed by atoms with Crippen molar-refractivity contribution < 1.29 is 22.8 Å². The lowest BCUT2D eigenvalue weighted by Crippen LogP contribution is -2.37. The fourth-order valence-corrected chi connectivity index (χ4v) is 2.79. The summed E-state index contributed by atoms with van der Waals surface area (Å²) >= 11 is 5.61. The molecule has 0 unspecified atom stereocenters. The second-order valence-corrected chi connectivity index (χ2v) is 6.23. The Morgan fingerprint density at radius 3 is 2.41 bits per heavy atom. The normalized spacial score (nSPS) is 11.2. The van der Waals surface area contributed by atoms with Crippen molar-refractivity contribution >= 4 is 34.8 Å². The first-order valence-corrected chi connectivity index (χ1v) is 8.54. The Morgan fingerprint density at radius 1 is 1.15 bits per heavy atom. The van der Waals surface area contributed by atoms with E-state index >= 15 is 0 Å². The second-order valence-electron chi connectivity index (χ2n) is 5.83. The molecular weight excluding hydrogens is 381 g/mol. The van der Waals surface area contributed by atoms with Gasteiger partial charge in [0.1, 0.15) is 6.54 Å². The number of nitrogens with zero attached hydrogens (tertiary/aromatic N) is 1. The zero-order chi connectivity index (χ0) is 20.2. The standard InChI is InChI=1S/C19H18ClF3N2O2/c1-3-13-6-4-5-7-17(13)24-18(27)11-25(12(2)26)14-8-9-16(20)15(10-14)19(21,22)23/h4-10H,3,11H2,1-2H3,(H,24,27). The molecule has 144 valence electrons. The summed E-state index contributed by atoms with van der Waals surface area (Å²) in [6.07, 6.45) is -3.98. The van der Waals surface area contributed by atoms with Crippen molar-refractivity contribution in [3.63, 3.8) is 0 Å². The second kappa shape index (κ2) is 8.43. The Kier molecular flexibility index (Phi) is 6.49. The molecule has 0 radical (unpaired) electrons. The number of anilines is 2. The summed E-state index contributed by atoms with van der Waals surface area (Å²) in [4.78, 5) is 25.3. The van der Waals surface area contributed by atoms with Crippen LogP contribution in [0, 0.1) is 0 Å². The molecule has 27 heavy (non-hydrogen) atoms. The summed E-state index contributed by atoms with van der Waals surface area (Å²) in [7, 11) is 0. The Hall–Kier alpha value is -2.54. The minimum Gasteiger partial charge on any atom is -0.324 e. The molecule has 0 saturated carbocycles. The highest BCUT2D eigenvalue weighted by Crippen LogP contribution is 2.37. The number of rotatable bonds is 5. The highest BCUT2D eigenvalue weighted by atomic mass is 35.5. The summed E-state index contributed by atoms with van der Waals surface area (Å²) in [5.74, 6) is -1.08. The van der Waals surface area contributed by atoms with Crippen LogP contribution < -0.4 is 10.2 Å². The maximum Gasteiger partial charge on any atom is 0.417 e. The number of hydrogen-bond acceptors (Lipinski definition) is 2. The van der Waals surface area contributed by atoms with Crippen LogP contribution >= 0.6 is 11.6 Å². The number of carbonyl (C=O) groups is 2. The lowest BCUT2D eigenvalue weighted by Gasteiger charge is -2.22. The van der Waals surface area contributed by atoms with Crippen molar-refractivity contribution in [1.29, 1.82) is 0 Å². The minimum absolute atomic E-state index is 0.0573. The number of hydrogen-bond donors (Lipinski definition) is 1. The van der Waals surface area contributed by atoms with Crippen molar-refractivity contribution in [2.24, 2.45) is 0 Å². The Balaban J connectivity index is 2.26. The monoisotopic (exact) mass is 398 g/mol. The molecule has 0 spiro atoms. The van der Waals surface area contributed by atoms with Gasteiger partial charge in [-0.1, -0.05) is 36.7 Å². The number of aryl methyl sites for hydroxylation is 1. The number of halogens is 4. The van der Waals surface area contributed by atoms with Crippen LogP contribution in [-0.2, 0) is 22.2 Å². The van der Waals surface area contributed by atoms with Crippen LogP contribution in [-0.4, -0.2) is 18.4 Å². The van der Waals surface area contributed by atoms with E-state index < -0.39 is 35.1 Å². The summed E-state index contributed by atoms with van der Waals surface area (Å²) in [5.41, 5.74) is 0.384. The molecule has 0 aliphatic rings. The van der Waals surface area contributed by atoms with Gasteiger partial charge < -0.3 is 10.2 Å². The summed E-state index contributed by atoms with van der Waals surface area (Å²) in [5, 5.41) is 2.22. The number of carbonyl (C=O) groups excluding carboxylic acids is 2. The van der Waals surface area contributed by atoms with E-state index in [-0.39, 0.29) is 5.69 Å². The maximum atomic E-state index is 13.1. The fraction of sp³-hybridized carbons (Fsp3) is 0.263. The van der Waals surface area contributed by atoms with E-state index in [0.29, 0.717) is 12.1 Å². The molecule has 0 aliphatic heterocycles. The summed E-state index contributed by atoms with van der Waals surface area (Å²) < 4.78 is 39.2. The molecule has 0 saturated heterocycles. The lowest BCUT2D eigenvalue weighted by atomic mass is 10.1. The molecule has 0 aromatic heterocycles. The first kappa shape index (κ1) is 20.8. The fourth-order valence-electron chi connectivity index (χ4n) is 2.57. The van der Waals surface area contributed by atoms with Crippen LogP contribution in [0.2, 0.25) is 5.02 Å². The van der Waals surface area contributed by atoms with Gasteiger partial charge >= 0.3 is 6.18 Å². The number of alkyl halides is 3. The van der Waals surface area contributed by atoms with Crippen LogP contribution in [0.4, 0.5) is 24.5 Å². The van der Waals surface area contributed by atoms with Gasteiger partial charge in [-0.2, -0.15) is 13.2 Å². The molecule has 0 bridgehead atoms. The zero-order valence-electron chi connectivity index (χ0n) is 14.7. The van der Waals surface area contributed by atoms with Gasteiger partial charge in [0.15, 0.2) is 0 Å². The molecule has 2 aromatic carbocycles. The average Bonchev–Trinajstić information content (AvgIpc) is 2.59. The smallest absolute Gasteiger partial charge is 0.324 e. The number of para-hydroxylation sites is 1. The molecule has 2 aromatic rings. The maximum absolute atomic E-state index is 13.1. The predicted molar refractivity (Wildman–Crippen MR) is 98.9 cm³/mol. The third-order valence-corrected chi connectivity index (χ3v) is 4.25. The van der Waals surface area contributed by atoms with E-state index in [1.807, 2.05) is 19.1 Å². The van der Waals surface area contributed by atoms with Gasteiger partial charge in [-0.25, -0.2) is 0 Å². The largest absolute Gasteiger partial charge is 0.417 e. The van der Waals surface area contributed by atoms with E-state index in [0.717, 1.165) is 22.6 Å². The van der Waals surface area contributed by atoms with E-state index in [4.69, 9.17) is 11.6 Å². The molecule has 0 aliphatic carbocycles. The van der Waals surface area contributed by atoms with E-state index in [9.17, 15) is 22.8 Å². The topological polar surface area (TPSA) is 49.4 Å². The van der Waals surface area contributed by atoms with Crippen LogP contribution in [0.3, 0.4) is 0 Å². The molecule has 0 atom stereocenters. The van der Waals surface area contributed by atoms with Crippen LogP contribution in [0.1, 0.15) is 25.0 Å². The number of amides is 2. The first-order chi connectivity index (χ1) is 12.6. The number of benzene rings is 2. The van der Waals surface area contributed by atoms with Gasteiger partial charge in [0.05, 0.1) is 10.6 Å². The average molecular weight is 399 g/mol. The van der Waals surface area contributed by atoms with Gasteiger partial charge in [0.25, 0.3) is 0 Å². The van der Waals surface area contributed by atoms with Crippen molar-refractivity contribution in [2.75, 3.05) is 16.8 Å². The third kappa shape index (κ3) is 5.23. The van der Waals surface area contributed by atoms with E-state index in [2.05, 4.69) is 5.32 Å². The molecule has 0 fully saturated rings. The van der Waals surface area contributed by atoms with Gasteiger partial charge in [-0.05, 0) is 36.2 Å². The van der Waals surface area contributed by atoms with E-state index in [1.165, 1.54) is 13.0 Å².